The van der Waals surface area contributed by atoms with Gasteiger partial charge in [0.05, 0.1) is 29.3 Å². The zero-order valence-electron chi connectivity index (χ0n) is 17.5. The van der Waals surface area contributed by atoms with Gasteiger partial charge in [-0.15, -0.1) is 16.4 Å². The van der Waals surface area contributed by atoms with E-state index in [9.17, 15) is 18.0 Å². The summed E-state index contributed by atoms with van der Waals surface area (Å²) < 4.78 is 52.2. The zero-order chi connectivity index (χ0) is 23.0. The van der Waals surface area contributed by atoms with E-state index in [1.165, 1.54) is 28.2 Å². The fourth-order valence-electron chi connectivity index (χ4n) is 4.13. The Bertz CT molecular complexity index is 1120. The monoisotopic (exact) mass is 478 g/mol. The lowest BCUT2D eigenvalue weighted by Crippen LogP contribution is -2.41. The van der Waals surface area contributed by atoms with Crippen LogP contribution in [0.4, 0.5) is 13.2 Å². The summed E-state index contributed by atoms with van der Waals surface area (Å²) in [5, 5.41) is 6.17. The quantitative estimate of drug-likeness (QED) is 0.561. The molecule has 11 heteroatoms. The third kappa shape index (κ3) is 4.53. The van der Waals surface area contributed by atoms with Gasteiger partial charge < -0.3 is 14.4 Å². The van der Waals surface area contributed by atoms with Crippen LogP contribution < -0.4 is 0 Å². The number of rotatable bonds is 4. The molecule has 0 radical (unpaired) electrons. The molecule has 0 spiro atoms. The molecule has 5 rings (SSSR count). The summed E-state index contributed by atoms with van der Waals surface area (Å²) in [6, 6.07) is 8.44. The first kappa shape index (κ1) is 22.1. The standard InChI is InChI=1S/C22H21F3N4O3S/c23-22(24,25)15-3-1-4-16(13-15)29-19(17-5-2-12-33-17)26-18(27-29)20(30)28-8-6-14(7-9-28)21-31-10-11-32-21/h1-5,12-14,21H,6-11H2. The fraction of sp³-hybridized carbons (Fsp3) is 0.409. The molecule has 1 aromatic carbocycles. The van der Waals surface area contributed by atoms with Crippen molar-refractivity contribution in [3.05, 3.63) is 53.2 Å². The van der Waals surface area contributed by atoms with Gasteiger partial charge in [-0.3, -0.25) is 4.79 Å². The lowest BCUT2D eigenvalue weighted by molar-refractivity contribution is -0.137. The van der Waals surface area contributed by atoms with Gasteiger partial charge in [-0.1, -0.05) is 12.1 Å². The first-order chi connectivity index (χ1) is 15.9. The molecular weight excluding hydrogens is 457 g/mol. The highest BCUT2D eigenvalue weighted by Gasteiger charge is 2.34. The maximum atomic E-state index is 13.3. The van der Waals surface area contributed by atoms with Gasteiger partial charge in [0.25, 0.3) is 5.91 Å². The molecular formula is C22H21F3N4O3S. The highest BCUT2D eigenvalue weighted by molar-refractivity contribution is 7.13. The van der Waals surface area contributed by atoms with E-state index in [1.807, 2.05) is 11.4 Å². The number of thiophene rings is 1. The number of aromatic nitrogens is 3. The normalized spacial score (nSPS) is 18.2. The number of carbonyl (C=O) groups is 1. The molecule has 33 heavy (non-hydrogen) atoms. The second-order valence-corrected chi connectivity index (χ2v) is 8.88. The van der Waals surface area contributed by atoms with Gasteiger partial charge in [0.15, 0.2) is 12.1 Å². The van der Waals surface area contributed by atoms with Crippen molar-refractivity contribution < 1.29 is 27.4 Å². The van der Waals surface area contributed by atoms with E-state index in [4.69, 9.17) is 9.47 Å². The molecule has 7 nitrogen and oxygen atoms in total. The number of halogens is 3. The van der Waals surface area contributed by atoms with Crippen molar-refractivity contribution in [2.24, 2.45) is 5.92 Å². The average Bonchev–Trinajstić information content (AvgIpc) is 3.59. The molecule has 0 aliphatic carbocycles. The largest absolute Gasteiger partial charge is 0.416 e. The van der Waals surface area contributed by atoms with Gasteiger partial charge in [0.1, 0.15) is 0 Å². The van der Waals surface area contributed by atoms with Crippen LogP contribution in [0.15, 0.2) is 41.8 Å². The number of alkyl halides is 3. The predicted octanol–water partition coefficient (Wildman–Crippen LogP) is 4.24. The van der Waals surface area contributed by atoms with Crippen LogP contribution in [0, 0.1) is 5.92 Å². The lowest BCUT2D eigenvalue weighted by Gasteiger charge is -2.33. The Morgan fingerprint density at radius 1 is 1.09 bits per heavy atom. The Hall–Kier alpha value is -2.76. The number of ether oxygens (including phenoxy) is 2. The average molecular weight is 478 g/mol. The predicted molar refractivity (Wildman–Crippen MR) is 114 cm³/mol. The van der Waals surface area contributed by atoms with Gasteiger partial charge in [0.2, 0.25) is 5.82 Å². The van der Waals surface area contributed by atoms with Crippen LogP contribution in [0.1, 0.15) is 29.0 Å². The van der Waals surface area contributed by atoms with Gasteiger partial charge in [-0.05, 0) is 42.5 Å². The zero-order valence-corrected chi connectivity index (χ0v) is 18.3. The van der Waals surface area contributed by atoms with Crippen molar-refractivity contribution in [2.45, 2.75) is 25.3 Å². The molecule has 0 N–H and O–H groups in total. The Morgan fingerprint density at radius 3 is 2.52 bits per heavy atom. The van der Waals surface area contributed by atoms with Gasteiger partial charge in [0, 0.05) is 19.0 Å². The summed E-state index contributed by atoms with van der Waals surface area (Å²) in [7, 11) is 0. The minimum atomic E-state index is -4.49. The molecule has 2 aliphatic heterocycles. The van der Waals surface area contributed by atoms with Gasteiger partial charge in [-0.2, -0.15) is 13.2 Å². The van der Waals surface area contributed by atoms with E-state index < -0.39 is 11.7 Å². The fourth-order valence-corrected chi connectivity index (χ4v) is 4.83. The van der Waals surface area contributed by atoms with Crippen LogP contribution in [0.2, 0.25) is 0 Å². The molecule has 0 atom stereocenters. The number of hydrogen-bond acceptors (Lipinski definition) is 6. The van der Waals surface area contributed by atoms with Crippen molar-refractivity contribution >= 4 is 17.2 Å². The van der Waals surface area contributed by atoms with E-state index in [0.29, 0.717) is 37.0 Å². The van der Waals surface area contributed by atoms with Crippen molar-refractivity contribution in [1.29, 1.82) is 0 Å². The molecule has 4 heterocycles. The smallest absolute Gasteiger partial charge is 0.350 e. The molecule has 174 valence electrons. The third-order valence-electron chi connectivity index (χ3n) is 5.82. The second kappa shape index (κ2) is 8.88. The van der Waals surface area contributed by atoms with Crippen LogP contribution >= 0.6 is 11.3 Å². The lowest BCUT2D eigenvalue weighted by atomic mass is 9.96. The summed E-state index contributed by atoms with van der Waals surface area (Å²) in [4.78, 5) is 20.0. The van der Waals surface area contributed by atoms with E-state index in [1.54, 1.807) is 11.0 Å². The molecule has 0 unspecified atom stereocenters. The molecule has 0 bridgehead atoms. The Morgan fingerprint density at radius 2 is 1.85 bits per heavy atom. The molecule has 2 saturated heterocycles. The topological polar surface area (TPSA) is 69.5 Å². The summed E-state index contributed by atoms with van der Waals surface area (Å²) in [5.41, 5.74) is -0.604. The Labute approximate surface area is 191 Å². The molecule has 3 aromatic rings. The van der Waals surface area contributed by atoms with E-state index in [0.717, 1.165) is 25.0 Å². The summed E-state index contributed by atoms with van der Waals surface area (Å²) in [5.74, 6) is 0.178. The molecule has 2 aromatic heterocycles. The third-order valence-corrected chi connectivity index (χ3v) is 6.68. The second-order valence-electron chi connectivity index (χ2n) is 7.94. The SMILES string of the molecule is O=C(c1nc(-c2cccs2)n(-c2cccc(C(F)(F)F)c2)n1)N1CCC(C2OCCO2)CC1. The first-order valence-electron chi connectivity index (χ1n) is 10.6. The number of amides is 1. The molecule has 0 saturated carbocycles. The van der Waals surface area contributed by atoms with E-state index in [2.05, 4.69) is 10.1 Å². The van der Waals surface area contributed by atoms with Crippen LogP contribution in [0.25, 0.3) is 16.4 Å². The Kier molecular flexibility index (Phi) is 5.94. The summed E-state index contributed by atoms with van der Waals surface area (Å²) in [6.07, 6.45) is -3.23. The minimum absolute atomic E-state index is 0.0392. The number of benzene rings is 1. The number of likely N-dealkylation sites (tertiary alicyclic amines) is 1. The van der Waals surface area contributed by atoms with E-state index in [-0.39, 0.29) is 29.6 Å². The summed E-state index contributed by atoms with van der Waals surface area (Å²) >= 11 is 1.37. The van der Waals surface area contributed by atoms with Crippen molar-refractivity contribution in [1.82, 2.24) is 19.7 Å². The maximum absolute atomic E-state index is 13.3. The Balaban J connectivity index is 1.42. The highest BCUT2D eigenvalue weighted by atomic mass is 32.1. The van der Waals surface area contributed by atoms with Crippen LogP contribution in [0.3, 0.4) is 0 Å². The highest BCUT2D eigenvalue weighted by Crippen LogP contribution is 2.32. The minimum Gasteiger partial charge on any atom is -0.350 e. The number of piperidine rings is 1. The van der Waals surface area contributed by atoms with Crippen molar-refractivity contribution in [2.75, 3.05) is 26.3 Å². The van der Waals surface area contributed by atoms with Crippen molar-refractivity contribution in [3.8, 4) is 16.4 Å². The van der Waals surface area contributed by atoms with Crippen LogP contribution in [-0.2, 0) is 15.7 Å². The van der Waals surface area contributed by atoms with Crippen LogP contribution in [0.5, 0.6) is 0 Å². The molecule has 2 aliphatic rings. The van der Waals surface area contributed by atoms with Gasteiger partial charge >= 0.3 is 6.18 Å². The van der Waals surface area contributed by atoms with E-state index >= 15 is 0 Å². The first-order valence-corrected chi connectivity index (χ1v) is 11.5. The van der Waals surface area contributed by atoms with Gasteiger partial charge in [-0.25, -0.2) is 9.67 Å². The maximum Gasteiger partial charge on any atom is 0.416 e. The van der Waals surface area contributed by atoms with Crippen LogP contribution in [-0.4, -0.2) is 58.2 Å². The molecule has 1 amide bonds. The van der Waals surface area contributed by atoms with Crippen molar-refractivity contribution in [3.63, 3.8) is 0 Å². The number of hydrogen-bond donors (Lipinski definition) is 0. The summed E-state index contributed by atoms with van der Waals surface area (Å²) in [6.45, 7) is 2.21. The molecule has 2 fully saturated rings. The number of carbonyl (C=O) groups excluding carboxylic acids is 1. The number of nitrogens with zero attached hydrogens (tertiary/aromatic N) is 4.